The van der Waals surface area contributed by atoms with Crippen LogP contribution in [0.5, 0.6) is 11.5 Å². The zero-order chi connectivity index (χ0) is 23.7. The van der Waals surface area contributed by atoms with Crippen molar-refractivity contribution >= 4 is 29.1 Å². The fraction of sp³-hybridized carbons (Fsp3) is 0.259. The molecular formula is C27H25ClN2O4. The van der Waals surface area contributed by atoms with Crippen LogP contribution < -0.4 is 14.4 Å². The number of hydrogen-bond acceptors (Lipinski definition) is 4. The van der Waals surface area contributed by atoms with Crippen molar-refractivity contribution in [1.29, 1.82) is 0 Å². The second-order valence-corrected chi connectivity index (χ2v) is 8.87. The van der Waals surface area contributed by atoms with Crippen LogP contribution in [0.4, 0.5) is 5.69 Å². The summed E-state index contributed by atoms with van der Waals surface area (Å²) in [6.07, 6.45) is 1.44. The lowest BCUT2D eigenvalue weighted by molar-refractivity contribution is -0.122. The number of methoxy groups -OCH3 is 1. The van der Waals surface area contributed by atoms with Crippen molar-refractivity contribution in [3.8, 4) is 11.5 Å². The minimum atomic E-state index is -0.484. The molecule has 0 saturated carbocycles. The topological polar surface area (TPSA) is 59.1 Å². The average molecular weight is 477 g/mol. The minimum absolute atomic E-state index is 0.108. The van der Waals surface area contributed by atoms with Gasteiger partial charge in [-0.1, -0.05) is 60.1 Å². The molecule has 1 atom stereocenters. The monoisotopic (exact) mass is 476 g/mol. The number of ether oxygens (including phenoxy) is 2. The Morgan fingerprint density at radius 2 is 1.76 bits per heavy atom. The van der Waals surface area contributed by atoms with E-state index in [9.17, 15) is 9.59 Å². The van der Waals surface area contributed by atoms with E-state index >= 15 is 0 Å². The Bertz CT molecular complexity index is 1230. The fourth-order valence-corrected chi connectivity index (χ4v) is 4.83. The predicted molar refractivity (Wildman–Crippen MR) is 130 cm³/mol. The second kappa shape index (κ2) is 9.39. The lowest BCUT2D eigenvalue weighted by atomic mass is 10.1. The van der Waals surface area contributed by atoms with Gasteiger partial charge >= 0.3 is 0 Å². The fourth-order valence-electron chi connectivity index (χ4n) is 4.63. The van der Waals surface area contributed by atoms with E-state index < -0.39 is 6.04 Å². The van der Waals surface area contributed by atoms with E-state index in [1.807, 2.05) is 48.5 Å². The molecule has 0 N–H and O–H groups in total. The summed E-state index contributed by atoms with van der Waals surface area (Å²) in [5.41, 5.74) is 2.74. The average Bonchev–Trinajstić information content (AvgIpc) is 3.34. The number of anilines is 1. The summed E-state index contributed by atoms with van der Waals surface area (Å²) in [5.74, 6) is 0.645. The van der Waals surface area contributed by atoms with Crippen LogP contribution >= 0.6 is 11.6 Å². The Balaban J connectivity index is 1.59. The number of rotatable bonds is 6. The minimum Gasteiger partial charge on any atom is -0.493 e. The molecule has 6 nitrogen and oxygen atoms in total. The number of amides is 2. The van der Waals surface area contributed by atoms with Crippen LogP contribution in [-0.4, -0.2) is 36.4 Å². The smallest absolute Gasteiger partial charge is 0.256 e. The quantitative estimate of drug-likeness (QED) is 0.498. The van der Waals surface area contributed by atoms with Gasteiger partial charge in [0.25, 0.3) is 5.91 Å². The highest BCUT2D eigenvalue weighted by Gasteiger charge is 2.42. The molecule has 0 aliphatic carbocycles. The Kier molecular flexibility index (Phi) is 6.16. The highest BCUT2D eigenvalue weighted by molar-refractivity contribution is 6.31. The van der Waals surface area contributed by atoms with Crippen LogP contribution in [0.25, 0.3) is 0 Å². The Morgan fingerprint density at radius 3 is 2.53 bits per heavy atom. The van der Waals surface area contributed by atoms with Crippen molar-refractivity contribution < 1.29 is 19.1 Å². The summed E-state index contributed by atoms with van der Waals surface area (Å²) < 4.78 is 11.7. The van der Waals surface area contributed by atoms with E-state index in [1.165, 1.54) is 0 Å². The van der Waals surface area contributed by atoms with Gasteiger partial charge in [-0.05, 0) is 36.1 Å². The van der Waals surface area contributed by atoms with Crippen molar-refractivity contribution in [2.45, 2.75) is 32.0 Å². The number of benzene rings is 3. The molecule has 7 heteroatoms. The summed E-state index contributed by atoms with van der Waals surface area (Å²) >= 11 is 6.44. The number of halogens is 1. The number of carbonyl (C=O) groups is 2. The van der Waals surface area contributed by atoms with E-state index in [0.717, 1.165) is 17.5 Å². The van der Waals surface area contributed by atoms with Gasteiger partial charge in [0, 0.05) is 17.6 Å². The molecule has 174 valence electrons. The van der Waals surface area contributed by atoms with Gasteiger partial charge in [0.1, 0.15) is 12.6 Å². The maximum absolute atomic E-state index is 13.7. The predicted octanol–water partition coefficient (Wildman–Crippen LogP) is 5.08. The Morgan fingerprint density at radius 1 is 1.00 bits per heavy atom. The number of carbonyl (C=O) groups excluding carboxylic acids is 2. The molecule has 0 bridgehead atoms. The summed E-state index contributed by atoms with van der Waals surface area (Å²) in [5, 5.41) is 0.574. The van der Waals surface area contributed by atoms with Gasteiger partial charge in [-0.25, -0.2) is 0 Å². The van der Waals surface area contributed by atoms with Crippen molar-refractivity contribution in [1.82, 2.24) is 4.90 Å². The molecule has 0 aromatic heterocycles. The first-order chi connectivity index (χ1) is 16.6. The summed E-state index contributed by atoms with van der Waals surface area (Å²) in [6, 6.07) is 20.2. The molecule has 1 fully saturated rings. The van der Waals surface area contributed by atoms with E-state index in [2.05, 4.69) is 0 Å². The molecule has 2 heterocycles. The van der Waals surface area contributed by atoms with Gasteiger partial charge in [0.2, 0.25) is 5.91 Å². The highest BCUT2D eigenvalue weighted by atomic mass is 35.5. The Labute approximate surface area is 203 Å². The molecule has 2 amide bonds. The largest absolute Gasteiger partial charge is 0.493 e. The van der Waals surface area contributed by atoms with Gasteiger partial charge in [0.05, 0.1) is 24.9 Å². The van der Waals surface area contributed by atoms with Gasteiger partial charge in [-0.3, -0.25) is 9.59 Å². The van der Waals surface area contributed by atoms with Crippen LogP contribution in [0.2, 0.25) is 5.02 Å². The molecule has 2 aliphatic rings. The first kappa shape index (κ1) is 22.3. The van der Waals surface area contributed by atoms with Crippen molar-refractivity contribution in [3.05, 3.63) is 88.4 Å². The molecular weight excluding hydrogens is 452 g/mol. The molecule has 5 rings (SSSR count). The summed E-state index contributed by atoms with van der Waals surface area (Å²) in [4.78, 5) is 30.6. The molecule has 3 aromatic rings. The van der Waals surface area contributed by atoms with Crippen LogP contribution in [0, 0.1) is 0 Å². The number of nitrogens with zero attached hydrogens (tertiary/aromatic N) is 2. The number of hydrogen-bond donors (Lipinski definition) is 0. The van der Waals surface area contributed by atoms with E-state index in [-0.39, 0.29) is 18.4 Å². The van der Waals surface area contributed by atoms with Crippen LogP contribution in [0.3, 0.4) is 0 Å². The zero-order valence-electron chi connectivity index (χ0n) is 18.9. The maximum Gasteiger partial charge on any atom is 0.256 e. The molecule has 34 heavy (non-hydrogen) atoms. The maximum atomic E-state index is 13.7. The molecule has 0 unspecified atom stereocenters. The van der Waals surface area contributed by atoms with Crippen LogP contribution in [-0.2, 0) is 17.9 Å². The standard InChI is InChI=1S/C27H25ClN2O4/c1-33-24-14-20-23(15-25(24)34-17-18-8-3-2-4-9-18)30(16-19-10-5-6-11-21(19)28)27(32)22-12-7-13-29(22)26(20)31/h2-6,8-11,14-15,22H,7,12-13,16-17H2,1H3/t22-/m0/s1. The highest BCUT2D eigenvalue weighted by Crippen LogP contribution is 2.41. The molecule has 2 aliphatic heterocycles. The van der Waals surface area contributed by atoms with Crippen molar-refractivity contribution in [2.24, 2.45) is 0 Å². The third-order valence-electron chi connectivity index (χ3n) is 6.39. The summed E-state index contributed by atoms with van der Waals surface area (Å²) in [7, 11) is 1.55. The van der Waals surface area contributed by atoms with E-state index in [0.29, 0.717) is 47.3 Å². The molecule has 0 spiro atoms. The van der Waals surface area contributed by atoms with Crippen LogP contribution in [0.1, 0.15) is 34.3 Å². The van der Waals surface area contributed by atoms with E-state index in [4.69, 9.17) is 21.1 Å². The lowest BCUT2D eigenvalue weighted by Crippen LogP contribution is -2.44. The Hall–Kier alpha value is -3.51. The van der Waals surface area contributed by atoms with Gasteiger partial charge in [-0.2, -0.15) is 0 Å². The van der Waals surface area contributed by atoms with E-state index in [1.54, 1.807) is 35.1 Å². The first-order valence-electron chi connectivity index (χ1n) is 11.3. The number of fused-ring (bicyclic) bond motifs is 2. The van der Waals surface area contributed by atoms with Crippen LogP contribution in [0.15, 0.2) is 66.7 Å². The normalized spacial score (nSPS) is 17.3. The third-order valence-corrected chi connectivity index (χ3v) is 6.76. The third kappa shape index (κ3) is 4.10. The molecule has 1 saturated heterocycles. The molecule has 0 radical (unpaired) electrons. The van der Waals surface area contributed by atoms with Crippen molar-refractivity contribution in [2.75, 3.05) is 18.6 Å². The molecule has 3 aromatic carbocycles. The van der Waals surface area contributed by atoms with Gasteiger partial charge in [-0.15, -0.1) is 0 Å². The lowest BCUT2D eigenvalue weighted by Gasteiger charge is -2.26. The zero-order valence-corrected chi connectivity index (χ0v) is 19.6. The van der Waals surface area contributed by atoms with Gasteiger partial charge in [0.15, 0.2) is 11.5 Å². The summed E-state index contributed by atoms with van der Waals surface area (Å²) in [6.45, 7) is 1.15. The second-order valence-electron chi connectivity index (χ2n) is 8.47. The first-order valence-corrected chi connectivity index (χ1v) is 11.7. The SMILES string of the molecule is COc1cc2c(cc1OCc1ccccc1)N(Cc1ccccc1Cl)C(=O)[C@@H]1CCCN1C2=O. The van der Waals surface area contributed by atoms with Crippen molar-refractivity contribution in [3.63, 3.8) is 0 Å². The van der Waals surface area contributed by atoms with Gasteiger partial charge < -0.3 is 19.3 Å².